The van der Waals surface area contributed by atoms with E-state index in [0.717, 1.165) is 89.5 Å². The highest BCUT2D eigenvalue weighted by Crippen LogP contribution is 2.43. The third kappa shape index (κ3) is 11.0. The lowest BCUT2D eigenvalue weighted by Gasteiger charge is -2.27. The number of halogens is 2. The first-order valence-corrected chi connectivity index (χ1v) is 28.4. The van der Waals surface area contributed by atoms with E-state index in [1.165, 1.54) is 34.4 Å². The van der Waals surface area contributed by atoms with E-state index in [0.29, 0.717) is 22.5 Å². The molecule has 13 aromatic rings. The van der Waals surface area contributed by atoms with Gasteiger partial charge >= 0.3 is 0 Å². The summed E-state index contributed by atoms with van der Waals surface area (Å²) in [5, 5.41) is 0. The van der Waals surface area contributed by atoms with Gasteiger partial charge in [0.1, 0.15) is 11.6 Å². The predicted octanol–water partition coefficient (Wildman–Crippen LogP) is 22.9. The van der Waals surface area contributed by atoms with Crippen LogP contribution in [0.4, 0.5) is 42.9 Å². The van der Waals surface area contributed by atoms with E-state index in [-0.39, 0.29) is 11.6 Å². The summed E-state index contributed by atoms with van der Waals surface area (Å²) in [4.78, 5) is 4.26. The van der Waals surface area contributed by atoms with E-state index in [9.17, 15) is 0 Å². The van der Waals surface area contributed by atoms with Crippen LogP contribution in [0.1, 0.15) is 11.1 Å². The Hall–Kier alpha value is -10.7. The quantitative estimate of drug-likeness (QED) is 0.107. The maximum Gasteiger partial charge on any atom is 0.133 e. The van der Waals surface area contributed by atoms with Gasteiger partial charge in [-0.25, -0.2) is 8.78 Å². The van der Waals surface area contributed by atoms with Crippen LogP contribution >= 0.6 is 0 Å². The maximum atomic E-state index is 16.1. The van der Waals surface area contributed by atoms with Crippen LogP contribution < -0.4 is 9.80 Å². The Labute approximate surface area is 491 Å². The molecule has 0 saturated heterocycles. The highest BCUT2D eigenvalue weighted by molar-refractivity contribution is 5.86. The SMILES string of the molecule is Cc1cc(N(c2ccc(-c3ccc(-c4ccccc4)cc3)cc2)c2ccc(-c3ccc(-c4ccccc4)cc3)cc2)ccc1-c1ccc(-c2ccc(N(c3ccc(-c4ccccc4)c(F)c3)c3ccc(-c4ccccc4)c(F)c3)cc2C)cc1. The summed E-state index contributed by atoms with van der Waals surface area (Å²) in [6.07, 6.45) is 0. The molecule has 0 amide bonds. The monoisotopic (exact) mass is 1080 g/mol. The second kappa shape index (κ2) is 23.4. The molecular formula is C80H58F2N2. The second-order valence-corrected chi connectivity index (χ2v) is 21.3. The highest BCUT2D eigenvalue weighted by Gasteiger charge is 2.20. The minimum Gasteiger partial charge on any atom is -0.310 e. The first-order valence-electron chi connectivity index (χ1n) is 28.4. The number of benzene rings is 13. The van der Waals surface area contributed by atoms with Crippen molar-refractivity contribution in [2.45, 2.75) is 13.8 Å². The van der Waals surface area contributed by atoms with Gasteiger partial charge in [0.25, 0.3) is 0 Å². The van der Waals surface area contributed by atoms with Crippen molar-refractivity contribution < 1.29 is 8.78 Å². The van der Waals surface area contributed by atoms with Gasteiger partial charge in [-0.15, -0.1) is 0 Å². The van der Waals surface area contributed by atoms with Crippen LogP contribution in [0.3, 0.4) is 0 Å². The van der Waals surface area contributed by atoms with E-state index >= 15 is 8.78 Å². The molecule has 0 saturated carbocycles. The predicted molar refractivity (Wildman–Crippen MR) is 349 cm³/mol. The lowest BCUT2D eigenvalue weighted by Crippen LogP contribution is -2.11. The van der Waals surface area contributed by atoms with Gasteiger partial charge in [-0.3, -0.25) is 0 Å². The molecule has 0 bridgehead atoms. The van der Waals surface area contributed by atoms with E-state index < -0.39 is 0 Å². The Morgan fingerprint density at radius 2 is 0.393 bits per heavy atom. The summed E-state index contributed by atoms with van der Waals surface area (Å²) in [7, 11) is 0. The lowest BCUT2D eigenvalue weighted by molar-refractivity contribution is 0.630. The van der Waals surface area contributed by atoms with Gasteiger partial charge < -0.3 is 9.80 Å². The topological polar surface area (TPSA) is 6.48 Å². The molecule has 13 aromatic carbocycles. The van der Waals surface area contributed by atoms with Gasteiger partial charge in [-0.2, -0.15) is 0 Å². The molecule has 0 aliphatic carbocycles. The molecule has 0 fully saturated rings. The zero-order chi connectivity index (χ0) is 56.9. The molecule has 0 heterocycles. The summed E-state index contributed by atoms with van der Waals surface area (Å²) in [5.74, 6) is -0.723. The van der Waals surface area contributed by atoms with Crippen LogP contribution in [-0.4, -0.2) is 0 Å². The molecule has 4 heteroatoms. The molecule has 2 nitrogen and oxygen atoms in total. The number of hydrogen-bond acceptors (Lipinski definition) is 2. The van der Waals surface area contributed by atoms with Crippen LogP contribution in [0.15, 0.2) is 315 Å². The molecule has 0 aliphatic rings. The number of anilines is 6. The zero-order valence-corrected chi connectivity index (χ0v) is 46.7. The van der Waals surface area contributed by atoms with E-state index in [2.05, 4.69) is 219 Å². The summed E-state index contributed by atoms with van der Waals surface area (Å²) in [5.41, 5.74) is 23.7. The summed E-state index contributed by atoms with van der Waals surface area (Å²) >= 11 is 0. The van der Waals surface area contributed by atoms with Crippen molar-refractivity contribution in [1.29, 1.82) is 0 Å². The minimum atomic E-state index is -0.361. The Bertz CT molecular complexity index is 4180. The van der Waals surface area contributed by atoms with Crippen molar-refractivity contribution in [1.82, 2.24) is 0 Å². The molecule has 0 aromatic heterocycles. The standard InChI is InChI=1S/C80H58F2N2/c1-55-51-71(83(69-39-35-63(36-40-69)61-27-23-59(24-28-61)57-15-7-3-8-16-57)70-41-37-64(38-42-70)62-29-25-60(26-30-62)58-17-9-4-10-18-58)43-47-75(55)67-31-33-68(34-32-67)76-48-44-72(52-56(76)2)84(73-45-49-77(79(81)53-73)65-19-11-5-12-20-65)74-46-50-78(80(82)54-74)66-21-13-6-14-22-66/h3-54H,1-2H3. The van der Waals surface area contributed by atoms with Crippen molar-refractivity contribution in [3.63, 3.8) is 0 Å². The van der Waals surface area contributed by atoms with Crippen molar-refractivity contribution in [2.24, 2.45) is 0 Å². The van der Waals surface area contributed by atoms with Crippen LogP contribution in [0.25, 0.3) is 89.0 Å². The first-order chi connectivity index (χ1) is 41.3. The van der Waals surface area contributed by atoms with Gasteiger partial charge in [0, 0.05) is 45.3 Å². The number of rotatable bonds is 14. The third-order valence-electron chi connectivity index (χ3n) is 15.9. The van der Waals surface area contributed by atoms with Crippen LogP contribution in [0, 0.1) is 25.5 Å². The van der Waals surface area contributed by atoms with Gasteiger partial charge in [-0.05, 0) is 188 Å². The Balaban J connectivity index is 0.792. The second-order valence-electron chi connectivity index (χ2n) is 21.3. The summed E-state index contributed by atoms with van der Waals surface area (Å²) in [6, 6.07) is 108. The molecule has 402 valence electrons. The molecule has 0 atom stereocenters. The third-order valence-corrected chi connectivity index (χ3v) is 15.9. The smallest absolute Gasteiger partial charge is 0.133 e. The average Bonchev–Trinajstić information content (AvgIpc) is 3.56. The summed E-state index contributed by atoms with van der Waals surface area (Å²) < 4.78 is 32.3. The van der Waals surface area contributed by atoms with E-state index in [1.54, 1.807) is 12.1 Å². The molecular weight excluding hydrogens is 1030 g/mol. The van der Waals surface area contributed by atoms with Gasteiger partial charge in [0.2, 0.25) is 0 Å². The van der Waals surface area contributed by atoms with E-state index in [4.69, 9.17) is 0 Å². The maximum absolute atomic E-state index is 16.1. The number of hydrogen-bond donors (Lipinski definition) is 0. The molecule has 0 N–H and O–H groups in total. The largest absolute Gasteiger partial charge is 0.310 e. The Morgan fingerprint density at radius 3 is 0.679 bits per heavy atom. The van der Waals surface area contributed by atoms with Gasteiger partial charge in [-0.1, -0.05) is 231 Å². The molecule has 84 heavy (non-hydrogen) atoms. The minimum absolute atomic E-state index is 0.361. The summed E-state index contributed by atoms with van der Waals surface area (Å²) in [6.45, 7) is 4.28. The van der Waals surface area contributed by atoms with Crippen LogP contribution in [0.5, 0.6) is 0 Å². The van der Waals surface area contributed by atoms with Gasteiger partial charge in [0.05, 0.1) is 0 Å². The number of aryl methyl sites for hydroxylation is 2. The van der Waals surface area contributed by atoms with Crippen molar-refractivity contribution in [2.75, 3.05) is 9.80 Å². The Morgan fingerprint density at radius 1 is 0.190 bits per heavy atom. The molecule has 13 rings (SSSR count). The van der Waals surface area contributed by atoms with Crippen LogP contribution in [0.2, 0.25) is 0 Å². The Kier molecular flexibility index (Phi) is 14.7. The van der Waals surface area contributed by atoms with Crippen molar-refractivity contribution >= 4 is 34.1 Å². The molecule has 0 unspecified atom stereocenters. The zero-order valence-electron chi connectivity index (χ0n) is 46.7. The highest BCUT2D eigenvalue weighted by atomic mass is 19.1. The number of nitrogens with zero attached hydrogens (tertiary/aromatic N) is 2. The van der Waals surface area contributed by atoms with Crippen molar-refractivity contribution in [3.05, 3.63) is 338 Å². The lowest BCUT2D eigenvalue weighted by atomic mass is 9.95. The fourth-order valence-electron chi connectivity index (χ4n) is 11.5. The first kappa shape index (κ1) is 52.7. The van der Waals surface area contributed by atoms with Gasteiger partial charge in [0.15, 0.2) is 0 Å². The fourth-order valence-corrected chi connectivity index (χ4v) is 11.5. The van der Waals surface area contributed by atoms with Crippen molar-refractivity contribution in [3.8, 4) is 89.0 Å². The molecule has 0 aliphatic heterocycles. The normalized spacial score (nSPS) is 11.1. The van der Waals surface area contributed by atoms with E-state index in [1.807, 2.05) is 95.9 Å². The average molecular weight is 1090 g/mol. The van der Waals surface area contributed by atoms with Crippen LogP contribution in [-0.2, 0) is 0 Å². The molecule has 0 spiro atoms. The molecule has 0 radical (unpaired) electrons. The fraction of sp³-hybridized carbons (Fsp3) is 0.0250.